The number of rotatable bonds is 5. The van der Waals surface area contributed by atoms with Crippen LogP contribution < -0.4 is 10.1 Å². The van der Waals surface area contributed by atoms with Gasteiger partial charge in [-0.2, -0.15) is 4.31 Å². The van der Waals surface area contributed by atoms with E-state index >= 15 is 0 Å². The lowest BCUT2D eigenvalue weighted by Crippen LogP contribution is -2.28. The molecule has 1 aliphatic heterocycles. The van der Waals surface area contributed by atoms with Gasteiger partial charge in [-0.3, -0.25) is 4.79 Å². The molecule has 0 aliphatic carbocycles. The van der Waals surface area contributed by atoms with Crippen LogP contribution >= 0.6 is 0 Å². The summed E-state index contributed by atoms with van der Waals surface area (Å²) in [7, 11) is -2.27. The van der Waals surface area contributed by atoms with Gasteiger partial charge < -0.3 is 10.1 Å². The van der Waals surface area contributed by atoms with E-state index in [4.69, 9.17) is 4.74 Å². The van der Waals surface area contributed by atoms with Gasteiger partial charge in [0.1, 0.15) is 10.6 Å². The van der Waals surface area contributed by atoms with Gasteiger partial charge in [-0.25, -0.2) is 8.42 Å². The number of anilines is 1. The zero-order valence-corrected chi connectivity index (χ0v) is 16.6. The van der Waals surface area contributed by atoms with Gasteiger partial charge in [-0.05, 0) is 56.5 Å². The van der Waals surface area contributed by atoms with Gasteiger partial charge in [0.25, 0.3) is 5.91 Å². The highest BCUT2D eigenvalue weighted by Gasteiger charge is 2.30. The molecule has 1 N–H and O–H groups in total. The molecule has 0 bridgehead atoms. The van der Waals surface area contributed by atoms with Crippen LogP contribution in [0.5, 0.6) is 5.75 Å². The number of hydrogen-bond donors (Lipinski definition) is 1. The van der Waals surface area contributed by atoms with Crippen molar-refractivity contribution in [1.29, 1.82) is 0 Å². The van der Waals surface area contributed by atoms with Crippen molar-refractivity contribution < 1.29 is 17.9 Å². The Morgan fingerprint density at radius 3 is 2.41 bits per heavy atom. The number of methoxy groups -OCH3 is 1. The smallest absolute Gasteiger partial charge is 0.255 e. The molecule has 144 valence electrons. The highest BCUT2D eigenvalue weighted by molar-refractivity contribution is 7.89. The molecule has 0 atom stereocenters. The summed E-state index contributed by atoms with van der Waals surface area (Å²) in [6.45, 7) is 4.88. The van der Waals surface area contributed by atoms with Crippen LogP contribution in [0.2, 0.25) is 0 Å². The first-order valence-corrected chi connectivity index (χ1v) is 10.3. The minimum atomic E-state index is -3.70. The van der Waals surface area contributed by atoms with Crippen molar-refractivity contribution >= 4 is 21.6 Å². The number of benzene rings is 2. The van der Waals surface area contributed by atoms with Crippen molar-refractivity contribution in [2.45, 2.75) is 31.6 Å². The highest BCUT2D eigenvalue weighted by atomic mass is 32.2. The highest BCUT2D eigenvalue weighted by Crippen LogP contribution is 2.30. The molecule has 0 radical (unpaired) electrons. The third kappa shape index (κ3) is 3.99. The molecule has 6 nitrogen and oxygen atoms in total. The predicted molar refractivity (Wildman–Crippen MR) is 105 cm³/mol. The topological polar surface area (TPSA) is 75.7 Å². The Morgan fingerprint density at radius 2 is 1.78 bits per heavy atom. The lowest BCUT2D eigenvalue weighted by Gasteiger charge is -2.18. The number of nitrogens with zero attached hydrogens (tertiary/aromatic N) is 1. The van der Waals surface area contributed by atoms with Gasteiger partial charge in [-0.15, -0.1) is 0 Å². The molecule has 2 aromatic rings. The second-order valence-electron chi connectivity index (χ2n) is 6.75. The number of sulfonamides is 1. The molecule has 0 spiro atoms. The third-order valence-electron chi connectivity index (χ3n) is 4.74. The second kappa shape index (κ2) is 7.70. The van der Waals surface area contributed by atoms with Crippen molar-refractivity contribution in [3.63, 3.8) is 0 Å². The fraction of sp³-hybridized carbons (Fsp3) is 0.350. The Labute approximate surface area is 160 Å². The number of amides is 1. The van der Waals surface area contributed by atoms with Gasteiger partial charge in [0.2, 0.25) is 10.0 Å². The standard InChI is InChI=1S/C20H24N2O4S/c1-14-6-8-17(15(2)12-14)21-20(23)16-7-9-18(26-3)19(13-16)27(24,25)22-10-4-5-11-22/h6-9,12-13H,4-5,10-11H2,1-3H3,(H,21,23). The van der Waals surface area contributed by atoms with Crippen LogP contribution in [-0.4, -0.2) is 38.8 Å². The lowest BCUT2D eigenvalue weighted by molar-refractivity contribution is 0.102. The Hall–Kier alpha value is -2.38. The molecule has 0 unspecified atom stereocenters. The van der Waals surface area contributed by atoms with E-state index in [1.807, 2.05) is 32.0 Å². The first-order valence-electron chi connectivity index (χ1n) is 8.90. The normalized spacial score (nSPS) is 14.9. The van der Waals surface area contributed by atoms with Gasteiger partial charge in [0.15, 0.2) is 0 Å². The van der Waals surface area contributed by atoms with E-state index in [1.165, 1.54) is 23.5 Å². The van der Waals surface area contributed by atoms with Crippen molar-refractivity contribution in [3.8, 4) is 5.75 Å². The molecule has 3 rings (SSSR count). The zero-order valence-electron chi connectivity index (χ0n) is 15.8. The van der Waals surface area contributed by atoms with Crippen LogP contribution in [0.25, 0.3) is 0 Å². The van der Waals surface area contributed by atoms with Crippen LogP contribution in [0.4, 0.5) is 5.69 Å². The van der Waals surface area contributed by atoms with Gasteiger partial charge in [-0.1, -0.05) is 17.7 Å². The van der Waals surface area contributed by atoms with Crippen molar-refractivity contribution in [2.75, 3.05) is 25.5 Å². The maximum Gasteiger partial charge on any atom is 0.255 e. The van der Waals surface area contributed by atoms with E-state index in [0.717, 1.165) is 24.0 Å². The molecule has 7 heteroatoms. The summed E-state index contributed by atoms with van der Waals surface area (Å²) in [6, 6.07) is 10.2. The molecular formula is C20H24N2O4S. The average molecular weight is 388 g/mol. The fourth-order valence-electron chi connectivity index (χ4n) is 3.24. The number of nitrogens with one attached hydrogen (secondary N) is 1. The summed E-state index contributed by atoms with van der Waals surface area (Å²) in [6.07, 6.45) is 1.68. The molecule has 2 aromatic carbocycles. The Balaban J connectivity index is 1.93. The third-order valence-corrected chi connectivity index (χ3v) is 6.66. The Bertz CT molecular complexity index is 964. The van der Waals surface area contributed by atoms with Gasteiger partial charge in [0, 0.05) is 24.3 Å². The number of aryl methyl sites for hydroxylation is 2. The summed E-state index contributed by atoms with van der Waals surface area (Å²) >= 11 is 0. The van der Waals surface area contributed by atoms with E-state index < -0.39 is 10.0 Å². The van der Waals surface area contributed by atoms with Crippen LogP contribution in [0, 0.1) is 13.8 Å². The molecule has 0 saturated carbocycles. The summed E-state index contributed by atoms with van der Waals surface area (Å²) in [5.41, 5.74) is 3.02. The second-order valence-corrected chi connectivity index (χ2v) is 8.66. The SMILES string of the molecule is COc1ccc(C(=O)Nc2ccc(C)cc2C)cc1S(=O)(=O)N1CCCC1. The monoisotopic (exact) mass is 388 g/mol. The van der Waals surface area contributed by atoms with Crippen LogP contribution in [0.3, 0.4) is 0 Å². The average Bonchev–Trinajstić information content (AvgIpc) is 3.19. The van der Waals surface area contributed by atoms with Gasteiger partial charge in [0.05, 0.1) is 7.11 Å². The van der Waals surface area contributed by atoms with Crippen molar-refractivity contribution in [3.05, 3.63) is 53.1 Å². The molecule has 1 heterocycles. The van der Waals surface area contributed by atoms with E-state index in [9.17, 15) is 13.2 Å². The number of hydrogen-bond acceptors (Lipinski definition) is 4. The van der Waals surface area contributed by atoms with Crippen LogP contribution in [0.1, 0.15) is 34.3 Å². The summed E-state index contributed by atoms with van der Waals surface area (Å²) in [4.78, 5) is 12.7. The quantitative estimate of drug-likeness (QED) is 0.852. The zero-order chi connectivity index (χ0) is 19.6. The van der Waals surface area contributed by atoms with Gasteiger partial charge >= 0.3 is 0 Å². The summed E-state index contributed by atoms with van der Waals surface area (Å²) in [5, 5.41) is 2.85. The van der Waals surface area contributed by atoms with E-state index in [1.54, 1.807) is 6.07 Å². The molecule has 27 heavy (non-hydrogen) atoms. The number of carbonyl (C=O) groups excluding carboxylic acids is 1. The minimum absolute atomic E-state index is 0.0279. The number of ether oxygens (including phenoxy) is 1. The molecule has 1 aliphatic rings. The summed E-state index contributed by atoms with van der Waals surface area (Å²) in [5.74, 6) is -0.118. The van der Waals surface area contributed by atoms with Crippen LogP contribution in [-0.2, 0) is 10.0 Å². The van der Waals surface area contributed by atoms with Crippen molar-refractivity contribution in [1.82, 2.24) is 4.31 Å². The largest absolute Gasteiger partial charge is 0.495 e. The van der Waals surface area contributed by atoms with Crippen molar-refractivity contribution in [2.24, 2.45) is 0 Å². The maximum absolute atomic E-state index is 13.0. The lowest BCUT2D eigenvalue weighted by atomic mass is 10.1. The fourth-order valence-corrected chi connectivity index (χ4v) is 4.93. The summed E-state index contributed by atoms with van der Waals surface area (Å²) < 4.78 is 32.6. The molecule has 1 saturated heterocycles. The maximum atomic E-state index is 13.0. The molecule has 1 fully saturated rings. The Kier molecular flexibility index (Phi) is 5.53. The first kappa shape index (κ1) is 19.4. The van der Waals surface area contributed by atoms with E-state index in [-0.39, 0.29) is 22.1 Å². The number of carbonyl (C=O) groups is 1. The predicted octanol–water partition coefficient (Wildman–Crippen LogP) is 3.35. The minimum Gasteiger partial charge on any atom is -0.495 e. The van der Waals surface area contributed by atoms with E-state index in [0.29, 0.717) is 18.8 Å². The van der Waals surface area contributed by atoms with E-state index in [2.05, 4.69) is 5.32 Å². The molecule has 0 aromatic heterocycles. The van der Waals surface area contributed by atoms with Crippen LogP contribution in [0.15, 0.2) is 41.3 Å². The first-order chi connectivity index (χ1) is 12.8. The Morgan fingerprint density at radius 1 is 1.07 bits per heavy atom. The molecular weight excluding hydrogens is 364 g/mol. The molecule has 1 amide bonds.